The molecule has 6 heteroatoms. The highest BCUT2D eigenvalue weighted by atomic mass is 35.5. The molecule has 0 saturated carbocycles. The minimum Gasteiger partial charge on any atom is -0.355 e. The first-order chi connectivity index (χ1) is 12.9. The highest BCUT2D eigenvalue weighted by Gasteiger charge is 2.25. The van der Waals surface area contributed by atoms with E-state index in [4.69, 9.17) is 23.2 Å². The molecular weight excluding hydrogens is 383 g/mol. The number of nitrogens with zero attached hydrogens (tertiary/aromatic N) is 1. The van der Waals surface area contributed by atoms with Crippen LogP contribution < -0.4 is 5.32 Å². The smallest absolute Gasteiger partial charge is 0.242 e. The Morgan fingerprint density at radius 1 is 1.04 bits per heavy atom. The van der Waals surface area contributed by atoms with Crippen molar-refractivity contribution in [1.29, 1.82) is 0 Å². The van der Waals surface area contributed by atoms with E-state index in [9.17, 15) is 9.59 Å². The van der Waals surface area contributed by atoms with Crippen molar-refractivity contribution in [3.05, 3.63) is 69.7 Å². The molecule has 2 rings (SSSR count). The summed E-state index contributed by atoms with van der Waals surface area (Å²) in [5.41, 5.74) is 1.92. The number of hydrogen-bond acceptors (Lipinski definition) is 2. The van der Waals surface area contributed by atoms with Crippen LogP contribution in [-0.2, 0) is 22.6 Å². The average molecular weight is 407 g/mol. The van der Waals surface area contributed by atoms with Gasteiger partial charge < -0.3 is 10.2 Å². The summed E-state index contributed by atoms with van der Waals surface area (Å²) >= 11 is 12.1. The van der Waals surface area contributed by atoms with Gasteiger partial charge in [-0.2, -0.15) is 0 Å². The van der Waals surface area contributed by atoms with Crippen molar-refractivity contribution >= 4 is 35.0 Å². The standard InChI is InChI=1S/C21H24Cl2N2O2/c1-3-24-21(27)15(2)25(14-17-9-11-18(22)19(23)13-17)20(26)12-10-16-7-5-4-6-8-16/h4-9,11,13,15H,3,10,12,14H2,1-2H3,(H,24,27)/t15-/m0/s1. The van der Waals surface area contributed by atoms with Crippen LogP contribution in [0.25, 0.3) is 0 Å². The predicted molar refractivity (Wildman–Crippen MR) is 110 cm³/mol. The Bertz CT molecular complexity index is 781. The van der Waals surface area contributed by atoms with E-state index >= 15 is 0 Å². The SMILES string of the molecule is CCNC(=O)[C@H](C)N(Cc1ccc(Cl)c(Cl)c1)C(=O)CCc1ccccc1. The van der Waals surface area contributed by atoms with E-state index in [1.54, 1.807) is 24.0 Å². The van der Waals surface area contributed by atoms with Crippen molar-refractivity contribution in [2.75, 3.05) is 6.54 Å². The molecule has 0 radical (unpaired) electrons. The molecule has 4 nitrogen and oxygen atoms in total. The van der Waals surface area contributed by atoms with Gasteiger partial charge in [-0.3, -0.25) is 9.59 Å². The van der Waals surface area contributed by atoms with Gasteiger partial charge in [0.05, 0.1) is 10.0 Å². The van der Waals surface area contributed by atoms with Crippen LogP contribution in [0.2, 0.25) is 10.0 Å². The lowest BCUT2D eigenvalue weighted by atomic mass is 10.1. The van der Waals surface area contributed by atoms with Gasteiger partial charge in [-0.1, -0.05) is 59.6 Å². The molecule has 0 heterocycles. The van der Waals surface area contributed by atoms with Gasteiger partial charge >= 0.3 is 0 Å². The second-order valence-corrected chi connectivity index (χ2v) is 7.14. The van der Waals surface area contributed by atoms with Crippen molar-refractivity contribution in [1.82, 2.24) is 10.2 Å². The molecular formula is C21H24Cl2N2O2. The molecule has 0 fully saturated rings. The number of rotatable bonds is 8. The van der Waals surface area contributed by atoms with E-state index in [1.807, 2.05) is 43.3 Å². The van der Waals surface area contributed by atoms with Crippen LogP contribution >= 0.6 is 23.2 Å². The minimum absolute atomic E-state index is 0.0799. The van der Waals surface area contributed by atoms with Gasteiger partial charge in [0.25, 0.3) is 0 Å². The number of halogens is 2. The monoisotopic (exact) mass is 406 g/mol. The van der Waals surface area contributed by atoms with E-state index in [0.29, 0.717) is 36.0 Å². The van der Waals surface area contributed by atoms with Crippen LogP contribution in [0, 0.1) is 0 Å². The summed E-state index contributed by atoms with van der Waals surface area (Å²) in [5.74, 6) is -0.255. The minimum atomic E-state index is -0.581. The average Bonchev–Trinajstić information content (AvgIpc) is 2.67. The fraction of sp³-hybridized carbons (Fsp3) is 0.333. The molecule has 0 bridgehead atoms. The van der Waals surface area contributed by atoms with Gasteiger partial charge in [-0.05, 0) is 43.5 Å². The number of hydrogen-bond donors (Lipinski definition) is 1. The molecule has 0 saturated heterocycles. The Hall–Kier alpha value is -2.04. The summed E-state index contributed by atoms with van der Waals surface area (Å²) in [6.45, 7) is 4.40. The summed E-state index contributed by atoms with van der Waals surface area (Å²) in [5, 5.41) is 3.67. The number of carbonyl (C=O) groups is 2. The van der Waals surface area contributed by atoms with Crippen LogP contribution in [0.3, 0.4) is 0 Å². The molecule has 0 aliphatic heterocycles. The Kier molecular flexibility index (Phi) is 8.14. The Balaban J connectivity index is 2.15. The molecule has 2 aromatic rings. The maximum Gasteiger partial charge on any atom is 0.242 e. The Labute approximate surface area is 170 Å². The second-order valence-electron chi connectivity index (χ2n) is 6.33. The van der Waals surface area contributed by atoms with Gasteiger partial charge in [-0.25, -0.2) is 0 Å². The van der Waals surface area contributed by atoms with Crippen molar-refractivity contribution in [3.8, 4) is 0 Å². The summed E-state index contributed by atoms with van der Waals surface area (Å²) in [4.78, 5) is 26.8. The maximum atomic E-state index is 12.9. The maximum absolute atomic E-state index is 12.9. The van der Waals surface area contributed by atoms with Gasteiger partial charge in [0.1, 0.15) is 6.04 Å². The topological polar surface area (TPSA) is 49.4 Å². The quantitative estimate of drug-likeness (QED) is 0.702. The summed E-state index contributed by atoms with van der Waals surface area (Å²) < 4.78 is 0. The first-order valence-corrected chi connectivity index (χ1v) is 9.73. The lowest BCUT2D eigenvalue weighted by molar-refractivity contribution is -0.140. The second kappa shape index (κ2) is 10.3. The van der Waals surface area contributed by atoms with Crippen LogP contribution in [0.4, 0.5) is 0 Å². The molecule has 0 aromatic heterocycles. The number of amides is 2. The lowest BCUT2D eigenvalue weighted by Gasteiger charge is -2.29. The zero-order valence-corrected chi connectivity index (χ0v) is 17.1. The van der Waals surface area contributed by atoms with Gasteiger partial charge in [0.2, 0.25) is 11.8 Å². The number of benzene rings is 2. The third-order valence-corrected chi connectivity index (χ3v) is 5.06. The summed E-state index contributed by atoms with van der Waals surface area (Å²) in [6, 6.07) is 14.5. The van der Waals surface area contributed by atoms with Crippen LogP contribution in [-0.4, -0.2) is 29.3 Å². The van der Waals surface area contributed by atoms with E-state index in [-0.39, 0.29) is 11.8 Å². The van der Waals surface area contributed by atoms with Crippen LogP contribution in [0.1, 0.15) is 31.4 Å². The van der Waals surface area contributed by atoms with Crippen molar-refractivity contribution in [2.45, 2.75) is 39.3 Å². The summed E-state index contributed by atoms with van der Waals surface area (Å²) in [7, 11) is 0. The number of likely N-dealkylation sites (N-methyl/N-ethyl adjacent to an activating group) is 1. The number of aryl methyl sites for hydroxylation is 1. The summed E-state index contributed by atoms with van der Waals surface area (Å²) in [6.07, 6.45) is 0.953. The molecule has 144 valence electrons. The van der Waals surface area contributed by atoms with Crippen molar-refractivity contribution in [2.24, 2.45) is 0 Å². The first kappa shape index (κ1) is 21.3. The van der Waals surface area contributed by atoms with Crippen molar-refractivity contribution in [3.63, 3.8) is 0 Å². The predicted octanol–water partition coefficient (Wildman–Crippen LogP) is 4.48. The number of carbonyl (C=O) groups excluding carboxylic acids is 2. The fourth-order valence-corrected chi connectivity index (χ4v) is 3.10. The molecule has 0 unspecified atom stereocenters. The zero-order valence-electron chi connectivity index (χ0n) is 15.5. The fourth-order valence-electron chi connectivity index (χ4n) is 2.78. The third kappa shape index (κ3) is 6.26. The molecule has 27 heavy (non-hydrogen) atoms. The molecule has 0 aliphatic carbocycles. The van der Waals surface area contributed by atoms with Crippen LogP contribution in [0.15, 0.2) is 48.5 Å². The van der Waals surface area contributed by atoms with Gasteiger partial charge in [0, 0.05) is 19.5 Å². The van der Waals surface area contributed by atoms with E-state index in [2.05, 4.69) is 5.32 Å². The van der Waals surface area contributed by atoms with Gasteiger partial charge in [0.15, 0.2) is 0 Å². The molecule has 1 N–H and O–H groups in total. The first-order valence-electron chi connectivity index (χ1n) is 8.97. The molecule has 2 aromatic carbocycles. The molecule has 0 aliphatic rings. The van der Waals surface area contributed by atoms with Crippen molar-refractivity contribution < 1.29 is 9.59 Å². The zero-order chi connectivity index (χ0) is 19.8. The molecule has 0 spiro atoms. The Morgan fingerprint density at radius 2 is 1.74 bits per heavy atom. The Morgan fingerprint density at radius 3 is 2.37 bits per heavy atom. The lowest BCUT2D eigenvalue weighted by Crippen LogP contribution is -2.47. The van der Waals surface area contributed by atoms with E-state index in [1.165, 1.54) is 0 Å². The third-order valence-electron chi connectivity index (χ3n) is 4.33. The van der Waals surface area contributed by atoms with Crippen LogP contribution in [0.5, 0.6) is 0 Å². The number of nitrogens with one attached hydrogen (secondary N) is 1. The molecule has 1 atom stereocenters. The normalized spacial score (nSPS) is 11.7. The highest BCUT2D eigenvalue weighted by Crippen LogP contribution is 2.24. The van der Waals surface area contributed by atoms with E-state index < -0.39 is 6.04 Å². The van der Waals surface area contributed by atoms with E-state index in [0.717, 1.165) is 11.1 Å². The molecule has 2 amide bonds. The largest absolute Gasteiger partial charge is 0.355 e. The van der Waals surface area contributed by atoms with Gasteiger partial charge in [-0.15, -0.1) is 0 Å². The highest BCUT2D eigenvalue weighted by molar-refractivity contribution is 6.42.